The van der Waals surface area contributed by atoms with Crippen molar-refractivity contribution in [3.05, 3.63) is 40.7 Å². The van der Waals surface area contributed by atoms with Crippen molar-refractivity contribution >= 4 is 27.6 Å². The fraction of sp³-hybridized carbons (Fsp3) is 0.500. The molecule has 0 unspecified atom stereocenters. The Morgan fingerprint density at radius 1 is 1.21 bits per heavy atom. The molecule has 0 N–H and O–H groups in total. The zero-order valence-electron chi connectivity index (χ0n) is 15.9. The van der Waals surface area contributed by atoms with Crippen molar-refractivity contribution in [2.75, 3.05) is 25.1 Å². The average molecular weight is 398 g/mol. The normalized spacial score (nSPS) is 18.0. The van der Waals surface area contributed by atoms with E-state index in [1.54, 1.807) is 30.1 Å². The Hall–Kier alpha value is -2.48. The van der Waals surface area contributed by atoms with Crippen molar-refractivity contribution in [3.8, 4) is 5.75 Å². The fourth-order valence-electron chi connectivity index (χ4n) is 3.84. The van der Waals surface area contributed by atoms with E-state index in [0.717, 1.165) is 36.9 Å². The molecule has 1 aromatic carbocycles. The summed E-state index contributed by atoms with van der Waals surface area (Å²) < 4.78 is 11.5. The summed E-state index contributed by atoms with van der Waals surface area (Å²) in [6, 6.07) is 5.42. The van der Waals surface area contributed by atoms with Crippen LogP contribution in [-0.4, -0.2) is 39.1 Å². The monoisotopic (exact) mass is 397 g/mol. The third-order valence-corrected chi connectivity index (χ3v) is 6.54. The van der Waals surface area contributed by atoms with E-state index in [-0.39, 0.29) is 5.56 Å². The number of fused-ring (bicyclic) bond motifs is 1. The van der Waals surface area contributed by atoms with Crippen LogP contribution in [0.5, 0.6) is 5.75 Å². The van der Waals surface area contributed by atoms with Gasteiger partial charge in [-0.1, -0.05) is 0 Å². The number of nitrogens with zero attached hydrogens (tertiary/aromatic N) is 5. The first kappa shape index (κ1) is 17.6. The highest BCUT2D eigenvalue weighted by atomic mass is 32.1. The summed E-state index contributed by atoms with van der Waals surface area (Å²) >= 11 is 1.53. The first-order valence-electron chi connectivity index (χ1n) is 9.83. The maximum Gasteiger partial charge on any atom is 0.261 e. The summed E-state index contributed by atoms with van der Waals surface area (Å²) in [5, 5.41) is 1.70. The maximum atomic E-state index is 12.8. The molecular formula is C20H23N5O2S. The first-order chi connectivity index (χ1) is 13.7. The van der Waals surface area contributed by atoms with Crippen LogP contribution in [0.1, 0.15) is 37.4 Å². The molecule has 2 aromatic heterocycles. The molecule has 0 amide bonds. The van der Waals surface area contributed by atoms with Crippen LogP contribution in [0.25, 0.3) is 10.9 Å². The lowest BCUT2D eigenvalue weighted by molar-refractivity contribution is 0.352. The minimum absolute atomic E-state index is 0.0216. The Labute approximate surface area is 167 Å². The lowest BCUT2D eigenvalue weighted by Crippen LogP contribution is -2.36. The van der Waals surface area contributed by atoms with Gasteiger partial charge < -0.3 is 9.64 Å². The molecule has 1 aliphatic heterocycles. The van der Waals surface area contributed by atoms with Gasteiger partial charge in [0.25, 0.3) is 5.56 Å². The predicted octanol–water partition coefficient (Wildman–Crippen LogP) is 3.05. The molecule has 0 radical (unpaired) electrons. The second kappa shape index (κ2) is 7.16. The number of anilines is 1. The number of methoxy groups -OCH3 is 1. The number of rotatable bonds is 5. The van der Waals surface area contributed by atoms with Gasteiger partial charge in [0.2, 0.25) is 5.13 Å². The summed E-state index contributed by atoms with van der Waals surface area (Å²) in [4.78, 5) is 24.3. The average Bonchev–Trinajstić information content (AvgIpc) is 3.47. The smallest absolute Gasteiger partial charge is 0.261 e. The molecule has 0 atom stereocenters. The van der Waals surface area contributed by atoms with E-state index in [1.165, 1.54) is 24.4 Å². The Kier molecular flexibility index (Phi) is 4.50. The maximum absolute atomic E-state index is 12.8. The fourth-order valence-corrected chi connectivity index (χ4v) is 4.64. The standard InChI is InChI=1S/C20H23N5O2S/c1-27-15-4-5-16-17(10-15)21-12-25(19(16)26)11-13-6-8-24(9-7-13)20-22-18(23-28-20)14-2-3-14/h4-5,10,12-14H,2-3,6-9,11H2,1H3. The zero-order chi connectivity index (χ0) is 19.1. The molecule has 7 nitrogen and oxygen atoms in total. The summed E-state index contributed by atoms with van der Waals surface area (Å²) in [6.07, 6.45) is 6.24. The summed E-state index contributed by atoms with van der Waals surface area (Å²) in [5.74, 6) is 2.83. The third-order valence-electron chi connectivity index (χ3n) is 5.75. The van der Waals surface area contributed by atoms with Crippen LogP contribution >= 0.6 is 11.5 Å². The molecule has 1 saturated heterocycles. The Morgan fingerprint density at radius 3 is 2.79 bits per heavy atom. The van der Waals surface area contributed by atoms with E-state index in [0.29, 0.717) is 35.0 Å². The van der Waals surface area contributed by atoms with Crippen molar-refractivity contribution in [1.29, 1.82) is 0 Å². The molecular weight excluding hydrogens is 374 g/mol. The van der Waals surface area contributed by atoms with Gasteiger partial charge in [-0.3, -0.25) is 9.36 Å². The topological polar surface area (TPSA) is 73.1 Å². The molecule has 3 heterocycles. The van der Waals surface area contributed by atoms with Gasteiger partial charge in [-0.15, -0.1) is 0 Å². The van der Waals surface area contributed by atoms with Crippen molar-refractivity contribution in [1.82, 2.24) is 18.9 Å². The van der Waals surface area contributed by atoms with E-state index in [4.69, 9.17) is 9.72 Å². The Bertz CT molecular complexity index is 1050. The SMILES string of the molecule is COc1ccc2c(=O)n(CC3CCN(c4nc(C5CC5)ns4)CC3)cnc2c1. The van der Waals surface area contributed by atoms with E-state index in [2.05, 4.69) is 14.3 Å². The van der Waals surface area contributed by atoms with E-state index < -0.39 is 0 Å². The van der Waals surface area contributed by atoms with Crippen molar-refractivity contribution in [3.63, 3.8) is 0 Å². The second-order valence-corrected chi connectivity index (χ2v) is 8.46. The van der Waals surface area contributed by atoms with Crippen molar-refractivity contribution < 1.29 is 4.74 Å². The van der Waals surface area contributed by atoms with Crippen molar-refractivity contribution in [2.24, 2.45) is 5.92 Å². The van der Waals surface area contributed by atoms with Gasteiger partial charge in [0.1, 0.15) is 11.6 Å². The molecule has 5 rings (SSSR count). The van der Waals surface area contributed by atoms with E-state index >= 15 is 0 Å². The molecule has 1 saturated carbocycles. The van der Waals surface area contributed by atoms with Gasteiger partial charge in [0, 0.05) is 43.2 Å². The van der Waals surface area contributed by atoms with Gasteiger partial charge in [0.05, 0.1) is 24.3 Å². The van der Waals surface area contributed by atoms with Crippen LogP contribution in [0, 0.1) is 5.92 Å². The first-order valence-corrected chi connectivity index (χ1v) is 10.6. The van der Waals surface area contributed by atoms with Crippen LogP contribution in [0.2, 0.25) is 0 Å². The lowest BCUT2D eigenvalue weighted by Gasteiger charge is -2.31. The van der Waals surface area contributed by atoms with Crippen LogP contribution in [0.4, 0.5) is 5.13 Å². The number of hydrogen-bond donors (Lipinski definition) is 0. The van der Waals surface area contributed by atoms with Crippen LogP contribution in [0.15, 0.2) is 29.3 Å². The second-order valence-electron chi connectivity index (χ2n) is 7.73. The van der Waals surface area contributed by atoms with E-state index in [9.17, 15) is 4.79 Å². The highest BCUT2D eigenvalue weighted by Crippen LogP contribution is 2.40. The number of benzene rings is 1. The van der Waals surface area contributed by atoms with Crippen LogP contribution < -0.4 is 15.2 Å². The molecule has 8 heteroatoms. The summed E-state index contributed by atoms with van der Waals surface area (Å²) in [6.45, 7) is 2.65. The minimum atomic E-state index is 0.0216. The molecule has 2 fully saturated rings. The zero-order valence-corrected chi connectivity index (χ0v) is 16.7. The van der Waals surface area contributed by atoms with Crippen LogP contribution in [0.3, 0.4) is 0 Å². The van der Waals surface area contributed by atoms with Gasteiger partial charge in [-0.05, 0) is 43.7 Å². The number of ether oxygens (including phenoxy) is 1. The molecule has 1 aliphatic carbocycles. The quantitative estimate of drug-likeness (QED) is 0.659. The van der Waals surface area contributed by atoms with Gasteiger partial charge in [-0.2, -0.15) is 4.37 Å². The highest BCUT2D eigenvalue weighted by Gasteiger charge is 2.29. The largest absolute Gasteiger partial charge is 0.497 e. The van der Waals surface area contributed by atoms with Gasteiger partial charge in [-0.25, -0.2) is 9.97 Å². The molecule has 0 bridgehead atoms. The molecule has 3 aromatic rings. The van der Waals surface area contributed by atoms with Gasteiger partial charge in [0.15, 0.2) is 0 Å². The van der Waals surface area contributed by atoms with Gasteiger partial charge >= 0.3 is 0 Å². The van der Waals surface area contributed by atoms with E-state index in [1.807, 2.05) is 6.07 Å². The van der Waals surface area contributed by atoms with Crippen molar-refractivity contribution in [2.45, 2.75) is 38.1 Å². The number of piperidine rings is 1. The molecule has 28 heavy (non-hydrogen) atoms. The molecule has 146 valence electrons. The molecule has 0 spiro atoms. The minimum Gasteiger partial charge on any atom is -0.497 e. The Balaban J connectivity index is 1.25. The number of aromatic nitrogens is 4. The lowest BCUT2D eigenvalue weighted by atomic mass is 9.97. The highest BCUT2D eigenvalue weighted by molar-refractivity contribution is 7.09. The molecule has 2 aliphatic rings. The predicted molar refractivity (Wildman–Crippen MR) is 109 cm³/mol. The van der Waals surface area contributed by atoms with Crippen LogP contribution in [-0.2, 0) is 6.54 Å². The summed E-state index contributed by atoms with van der Waals surface area (Å²) in [5.41, 5.74) is 0.700. The third kappa shape index (κ3) is 3.37. The number of hydrogen-bond acceptors (Lipinski definition) is 7. The summed E-state index contributed by atoms with van der Waals surface area (Å²) in [7, 11) is 1.61. The Morgan fingerprint density at radius 2 is 2.04 bits per heavy atom.